The van der Waals surface area contributed by atoms with Crippen molar-refractivity contribution in [1.82, 2.24) is 10.2 Å². The van der Waals surface area contributed by atoms with E-state index in [-0.39, 0.29) is 11.9 Å². The summed E-state index contributed by atoms with van der Waals surface area (Å²) >= 11 is 0. The molecule has 5 nitrogen and oxygen atoms in total. The van der Waals surface area contributed by atoms with Gasteiger partial charge in [-0.15, -0.1) is 0 Å². The second-order valence-electron chi connectivity index (χ2n) is 6.17. The van der Waals surface area contributed by atoms with Crippen LogP contribution in [-0.4, -0.2) is 38.1 Å². The van der Waals surface area contributed by atoms with E-state index in [0.717, 1.165) is 22.6 Å². The van der Waals surface area contributed by atoms with E-state index in [9.17, 15) is 4.79 Å². The Morgan fingerprint density at radius 2 is 2.08 bits per heavy atom. The monoisotopic (exact) mass is 330 g/mol. The first-order valence-corrected chi connectivity index (χ1v) is 8.14. The zero-order chi connectivity index (χ0) is 17.5. The van der Waals surface area contributed by atoms with Gasteiger partial charge in [0.2, 0.25) is 5.91 Å². The molecule has 0 aliphatic heterocycles. The van der Waals surface area contributed by atoms with Gasteiger partial charge in [-0.25, -0.2) is 0 Å². The van der Waals surface area contributed by atoms with Crippen molar-refractivity contribution in [1.29, 1.82) is 0 Å². The first-order chi connectivity index (χ1) is 11.5. The first kappa shape index (κ1) is 18.1. The summed E-state index contributed by atoms with van der Waals surface area (Å²) in [7, 11) is 3.92. The molecule has 0 aliphatic rings. The van der Waals surface area contributed by atoms with Crippen LogP contribution in [0.4, 0.5) is 0 Å². The average Bonchev–Trinajstić information content (AvgIpc) is 3.04. The van der Waals surface area contributed by atoms with Crippen molar-refractivity contribution in [3.63, 3.8) is 0 Å². The Morgan fingerprint density at radius 3 is 2.75 bits per heavy atom. The highest BCUT2D eigenvalue weighted by Crippen LogP contribution is 2.19. The van der Waals surface area contributed by atoms with Gasteiger partial charge < -0.3 is 14.5 Å². The minimum Gasteiger partial charge on any atom is -0.493 e. The third kappa shape index (κ3) is 5.13. The van der Waals surface area contributed by atoms with Gasteiger partial charge in [0.15, 0.2) is 0 Å². The molecule has 1 heterocycles. The van der Waals surface area contributed by atoms with Crippen molar-refractivity contribution < 1.29 is 13.9 Å². The molecule has 0 saturated heterocycles. The number of aryl methyl sites for hydroxylation is 2. The highest BCUT2D eigenvalue weighted by Gasteiger charge is 2.17. The van der Waals surface area contributed by atoms with Gasteiger partial charge in [-0.3, -0.25) is 9.69 Å². The van der Waals surface area contributed by atoms with Crippen LogP contribution < -0.4 is 10.1 Å². The molecule has 0 saturated carbocycles. The van der Waals surface area contributed by atoms with Crippen molar-refractivity contribution >= 4 is 5.91 Å². The van der Waals surface area contributed by atoms with Crippen LogP contribution in [0.2, 0.25) is 0 Å². The SMILES string of the molecule is Cc1ccc(C)c(OCCC(=O)NCC(c2ccco2)N(C)C)c1. The summed E-state index contributed by atoms with van der Waals surface area (Å²) in [5.41, 5.74) is 2.22. The number of furan rings is 1. The van der Waals surface area contributed by atoms with Crippen molar-refractivity contribution in [2.45, 2.75) is 26.3 Å². The normalized spacial score (nSPS) is 12.2. The van der Waals surface area contributed by atoms with Crippen LogP contribution in [0.3, 0.4) is 0 Å². The summed E-state index contributed by atoms with van der Waals surface area (Å²) in [6, 6.07) is 9.85. The summed E-state index contributed by atoms with van der Waals surface area (Å²) in [6.45, 7) is 4.89. The van der Waals surface area contributed by atoms with Crippen LogP contribution in [0.1, 0.15) is 29.3 Å². The fraction of sp³-hybridized carbons (Fsp3) is 0.421. The Kier molecular flexibility index (Phi) is 6.44. The van der Waals surface area contributed by atoms with E-state index < -0.39 is 0 Å². The maximum Gasteiger partial charge on any atom is 0.223 e. The van der Waals surface area contributed by atoms with Crippen LogP contribution in [0.25, 0.3) is 0 Å². The molecule has 1 amide bonds. The summed E-state index contributed by atoms with van der Waals surface area (Å²) in [5, 5.41) is 2.94. The summed E-state index contributed by atoms with van der Waals surface area (Å²) in [6.07, 6.45) is 1.97. The second kappa shape index (κ2) is 8.55. The van der Waals surface area contributed by atoms with Gasteiger partial charge in [-0.05, 0) is 57.3 Å². The van der Waals surface area contributed by atoms with E-state index in [4.69, 9.17) is 9.15 Å². The van der Waals surface area contributed by atoms with E-state index >= 15 is 0 Å². The molecule has 5 heteroatoms. The van der Waals surface area contributed by atoms with Crippen LogP contribution in [0, 0.1) is 13.8 Å². The molecular formula is C19H26N2O3. The molecule has 1 unspecified atom stereocenters. The van der Waals surface area contributed by atoms with E-state index in [2.05, 4.69) is 5.32 Å². The zero-order valence-electron chi connectivity index (χ0n) is 14.8. The van der Waals surface area contributed by atoms with Gasteiger partial charge in [0.05, 0.1) is 25.3 Å². The Bertz CT molecular complexity index is 651. The predicted molar refractivity (Wildman–Crippen MR) is 94.2 cm³/mol. The lowest BCUT2D eigenvalue weighted by molar-refractivity contribution is -0.121. The number of hydrogen-bond donors (Lipinski definition) is 1. The number of amides is 1. The largest absolute Gasteiger partial charge is 0.493 e. The summed E-state index contributed by atoms with van der Waals surface area (Å²) < 4.78 is 11.2. The maximum atomic E-state index is 12.0. The molecule has 0 spiro atoms. The standard InChI is InChI=1S/C19H26N2O3/c1-14-7-8-15(2)18(12-14)24-11-9-19(22)20-13-16(21(3)4)17-6-5-10-23-17/h5-8,10,12,16H,9,11,13H2,1-4H3,(H,20,22). The van der Waals surface area contributed by atoms with Crippen LogP contribution in [0.15, 0.2) is 41.0 Å². The number of nitrogens with one attached hydrogen (secondary N) is 1. The van der Waals surface area contributed by atoms with Crippen molar-refractivity contribution in [3.05, 3.63) is 53.5 Å². The van der Waals surface area contributed by atoms with E-state index in [1.54, 1.807) is 6.26 Å². The highest BCUT2D eigenvalue weighted by molar-refractivity contribution is 5.76. The molecule has 1 aromatic heterocycles. The quantitative estimate of drug-likeness (QED) is 0.808. The first-order valence-electron chi connectivity index (χ1n) is 8.14. The number of rotatable bonds is 8. The average molecular weight is 330 g/mol. The van der Waals surface area contributed by atoms with Gasteiger partial charge in [0, 0.05) is 6.54 Å². The Labute approximate surface area is 143 Å². The number of ether oxygens (including phenoxy) is 1. The molecule has 1 N–H and O–H groups in total. The van der Waals surface area contributed by atoms with Crippen molar-refractivity contribution in [3.8, 4) is 5.75 Å². The van der Waals surface area contributed by atoms with E-state index in [1.165, 1.54) is 0 Å². The van der Waals surface area contributed by atoms with Crippen molar-refractivity contribution in [2.75, 3.05) is 27.2 Å². The molecule has 0 radical (unpaired) electrons. The lowest BCUT2D eigenvalue weighted by Gasteiger charge is -2.22. The number of benzene rings is 1. The smallest absolute Gasteiger partial charge is 0.223 e. The minimum atomic E-state index is -0.0290. The molecule has 2 aromatic rings. The summed E-state index contributed by atoms with van der Waals surface area (Å²) in [4.78, 5) is 14.1. The Hall–Kier alpha value is -2.27. The molecule has 0 aliphatic carbocycles. The third-order valence-electron chi connectivity index (χ3n) is 3.92. The molecule has 130 valence electrons. The number of hydrogen-bond acceptors (Lipinski definition) is 4. The molecule has 0 fully saturated rings. The van der Waals surface area contributed by atoms with Crippen molar-refractivity contribution in [2.24, 2.45) is 0 Å². The zero-order valence-corrected chi connectivity index (χ0v) is 14.8. The molecule has 1 aromatic carbocycles. The van der Waals surface area contributed by atoms with E-state index in [0.29, 0.717) is 19.6 Å². The van der Waals surface area contributed by atoms with Gasteiger partial charge in [-0.1, -0.05) is 12.1 Å². The Balaban J connectivity index is 1.78. The summed E-state index contributed by atoms with van der Waals surface area (Å²) in [5.74, 6) is 1.65. The van der Waals surface area contributed by atoms with Gasteiger partial charge in [-0.2, -0.15) is 0 Å². The molecule has 2 rings (SSSR count). The lowest BCUT2D eigenvalue weighted by Crippen LogP contribution is -2.34. The third-order valence-corrected chi connectivity index (χ3v) is 3.92. The fourth-order valence-corrected chi connectivity index (χ4v) is 2.43. The molecule has 0 bridgehead atoms. The number of carbonyl (C=O) groups is 1. The number of likely N-dealkylation sites (N-methyl/N-ethyl adjacent to an activating group) is 1. The van der Waals surface area contributed by atoms with Crippen LogP contribution in [-0.2, 0) is 4.79 Å². The maximum absolute atomic E-state index is 12.0. The van der Waals surface area contributed by atoms with Gasteiger partial charge in [0.25, 0.3) is 0 Å². The van der Waals surface area contributed by atoms with Gasteiger partial charge in [0.1, 0.15) is 11.5 Å². The van der Waals surface area contributed by atoms with Crippen LogP contribution >= 0.6 is 0 Å². The fourth-order valence-electron chi connectivity index (χ4n) is 2.43. The molecule has 1 atom stereocenters. The topological polar surface area (TPSA) is 54.7 Å². The highest BCUT2D eigenvalue weighted by atomic mass is 16.5. The molecule has 24 heavy (non-hydrogen) atoms. The Morgan fingerprint density at radius 1 is 1.29 bits per heavy atom. The predicted octanol–water partition coefficient (Wildman–Crippen LogP) is 3.08. The molecular weight excluding hydrogens is 304 g/mol. The second-order valence-corrected chi connectivity index (χ2v) is 6.17. The van der Waals surface area contributed by atoms with Gasteiger partial charge >= 0.3 is 0 Å². The minimum absolute atomic E-state index is 0.0175. The van der Waals surface area contributed by atoms with E-state index in [1.807, 2.05) is 63.2 Å². The number of nitrogens with zero attached hydrogens (tertiary/aromatic N) is 1. The lowest BCUT2D eigenvalue weighted by atomic mass is 10.1. The number of carbonyl (C=O) groups excluding carboxylic acids is 1. The van der Waals surface area contributed by atoms with Crippen LogP contribution in [0.5, 0.6) is 5.75 Å².